The van der Waals surface area contributed by atoms with Gasteiger partial charge in [0.15, 0.2) is 34.5 Å². The molecule has 6 saturated heterocycles. The maximum Gasteiger partial charge on any atom is 0.411 e. The van der Waals surface area contributed by atoms with Crippen LogP contribution in [0.3, 0.4) is 0 Å². The van der Waals surface area contributed by atoms with Crippen LogP contribution in [0.2, 0.25) is 10.3 Å². The van der Waals surface area contributed by atoms with Gasteiger partial charge >= 0.3 is 18.2 Å². The van der Waals surface area contributed by atoms with Crippen molar-refractivity contribution in [2.24, 2.45) is 0 Å². The number of phenols is 1. The second kappa shape index (κ2) is 46.7. The lowest BCUT2D eigenvalue weighted by Crippen LogP contribution is -2.47. The monoisotopic (exact) mass is 1840 g/mol. The SMILES string of the molecule is CC(C)(C)OC(=O)N1C[C@H](O)C[C@@H]1C(=O)O.CN(C)C(=O)[C@H]1C[C@@H](O)CN1.CN(C)C(=O)[C@H]1C[C@@H](O)CN1.CN(C)C(=O)[C@H]1C[C@@H](O)CN1C(=O)OC(C)(C)C.COc1cc2ncnc(Cl)c2cc1O.COc1cc2ncnc(Cl)c2cc1O[C@H]1CC(C(=O)N(C)C)N(C)C1.COc1cc2ncnc(Nc3ccc(C#N)cc3F)c2cc1O[C@H]1CC(C(=O)N(C)C)N(C)C1. The van der Waals surface area contributed by atoms with Gasteiger partial charge in [0.2, 0.25) is 29.5 Å². The number of fused-ring (bicyclic) bond motifs is 3. The Morgan fingerprint density at radius 3 is 1.25 bits per heavy atom. The Hall–Kier alpha value is -11.5. The number of benzene rings is 4. The predicted molar refractivity (Wildman–Crippen MR) is 476 cm³/mol. The number of aliphatic hydroxyl groups excluding tert-OH is 4. The summed E-state index contributed by atoms with van der Waals surface area (Å²) in [4.78, 5) is 132. The van der Waals surface area contributed by atoms with E-state index in [2.05, 4.69) is 45.9 Å². The van der Waals surface area contributed by atoms with Gasteiger partial charge in [0.1, 0.15) is 76.4 Å². The van der Waals surface area contributed by atoms with Crippen LogP contribution in [0, 0.1) is 17.1 Å². The molecule has 0 bridgehead atoms. The molecule has 3 aromatic heterocycles. The van der Waals surface area contributed by atoms with Gasteiger partial charge in [-0.2, -0.15) is 5.26 Å². The highest BCUT2D eigenvalue weighted by Gasteiger charge is 2.44. The van der Waals surface area contributed by atoms with Gasteiger partial charge in [-0.05, 0) is 105 Å². The van der Waals surface area contributed by atoms with Crippen LogP contribution in [0.15, 0.2) is 73.6 Å². The molecule has 706 valence electrons. The van der Waals surface area contributed by atoms with E-state index in [1.165, 1.54) is 63.9 Å². The number of phenolic OH excluding ortho intramolecular Hbond substituents is 1. The van der Waals surface area contributed by atoms with Gasteiger partial charge in [-0.15, -0.1) is 0 Å². The molecule has 13 rings (SSSR count). The number of amides is 7. The number of carboxylic acids is 1. The first kappa shape index (κ1) is 105. The zero-order valence-electron chi connectivity index (χ0n) is 76.4. The maximum absolute atomic E-state index is 14.4. The van der Waals surface area contributed by atoms with Crippen molar-refractivity contribution in [3.8, 4) is 40.6 Å². The number of aliphatic hydroxyl groups is 4. The van der Waals surface area contributed by atoms with E-state index < -0.39 is 59.5 Å². The third-order valence-corrected chi connectivity index (χ3v) is 21.2. The summed E-state index contributed by atoms with van der Waals surface area (Å²) in [5.74, 6) is 1.20. The number of methoxy groups -OCH3 is 3. The molecular weight excluding hydrogens is 1720 g/mol. The van der Waals surface area contributed by atoms with Crippen molar-refractivity contribution in [3.05, 3.63) is 95.3 Å². The van der Waals surface area contributed by atoms with Crippen molar-refractivity contribution in [2.45, 2.75) is 164 Å². The summed E-state index contributed by atoms with van der Waals surface area (Å²) in [5, 5.41) is 76.0. The Kier molecular flexibility index (Phi) is 37.9. The third-order valence-electron chi connectivity index (χ3n) is 20.6. The highest BCUT2D eigenvalue weighted by atomic mass is 35.5. The van der Waals surface area contributed by atoms with E-state index in [1.54, 1.807) is 166 Å². The van der Waals surface area contributed by atoms with Crippen molar-refractivity contribution in [3.63, 3.8) is 0 Å². The number of aromatic hydroxyl groups is 1. The number of carbonyl (C=O) groups is 8. The zero-order valence-corrected chi connectivity index (χ0v) is 77.9. The minimum Gasteiger partial charge on any atom is -0.504 e. The van der Waals surface area contributed by atoms with Gasteiger partial charge in [-0.3, -0.25) is 43.6 Å². The smallest absolute Gasteiger partial charge is 0.411 e. The van der Waals surface area contributed by atoms with Crippen LogP contribution in [-0.4, -0.2) is 382 Å². The molecule has 6 fully saturated rings. The van der Waals surface area contributed by atoms with Crippen molar-refractivity contribution < 1.29 is 107 Å². The average molecular weight is 1850 g/mol. The molecule has 40 nitrogen and oxygen atoms in total. The van der Waals surface area contributed by atoms with Gasteiger partial charge in [-0.25, -0.2) is 48.7 Å². The van der Waals surface area contributed by atoms with Gasteiger partial charge in [0, 0.05) is 157 Å². The number of likely N-dealkylation sites (tertiary alicyclic amines) is 4. The van der Waals surface area contributed by atoms with Crippen LogP contribution in [-0.2, 0) is 38.2 Å². The Morgan fingerprint density at radius 2 is 0.868 bits per heavy atom. The number of hydrogen-bond acceptors (Lipinski definition) is 32. The number of aliphatic carboxylic acids is 1. The number of aromatic nitrogens is 6. The summed E-state index contributed by atoms with van der Waals surface area (Å²) in [6.07, 6.45) is 2.92. The highest BCUT2D eigenvalue weighted by Crippen LogP contribution is 2.40. The van der Waals surface area contributed by atoms with Crippen molar-refractivity contribution in [1.29, 1.82) is 5.26 Å². The first-order valence-corrected chi connectivity index (χ1v) is 41.9. The molecule has 0 spiro atoms. The van der Waals surface area contributed by atoms with E-state index in [0.717, 1.165) is 11.0 Å². The molecule has 7 amide bonds. The fourth-order valence-electron chi connectivity index (χ4n) is 14.2. The topological polar surface area (TPSA) is 489 Å². The Labute approximate surface area is 758 Å². The lowest BCUT2D eigenvalue weighted by atomic mass is 10.1. The van der Waals surface area contributed by atoms with Crippen LogP contribution in [0.5, 0.6) is 34.5 Å². The van der Waals surface area contributed by atoms with Gasteiger partial charge in [0.25, 0.3) is 0 Å². The van der Waals surface area contributed by atoms with E-state index >= 15 is 0 Å². The number of anilines is 2. The highest BCUT2D eigenvalue weighted by molar-refractivity contribution is 6.34. The molecule has 4 aromatic carbocycles. The van der Waals surface area contributed by atoms with Crippen LogP contribution in [0.1, 0.15) is 85.6 Å². The van der Waals surface area contributed by atoms with Crippen molar-refractivity contribution in [1.82, 2.24) is 84.6 Å². The van der Waals surface area contributed by atoms with Crippen LogP contribution < -0.4 is 39.6 Å². The number of β-amino-alcohol motifs (C(OH)–C–C–N with tert-alkyl or cyclic N) is 4. The van der Waals surface area contributed by atoms with Crippen molar-refractivity contribution in [2.75, 3.05) is 150 Å². The first-order chi connectivity index (χ1) is 60.5. The number of carboxylic acid groups (broad SMARTS) is 1. The normalized spacial score (nSPS) is 21.6. The molecule has 0 aliphatic carbocycles. The van der Waals surface area contributed by atoms with E-state index in [1.807, 2.05) is 30.0 Å². The minimum absolute atomic E-state index is 0.00583. The number of halogens is 3. The van der Waals surface area contributed by atoms with Crippen molar-refractivity contribution >= 4 is 115 Å². The molecular formula is C86H120Cl2FN19O21. The van der Waals surface area contributed by atoms with E-state index in [4.69, 9.17) is 76.9 Å². The quantitative estimate of drug-likeness (QED) is 0.0592. The third kappa shape index (κ3) is 29.5. The lowest BCUT2D eigenvalue weighted by molar-refractivity contribution is -0.142. The predicted octanol–water partition coefficient (Wildman–Crippen LogP) is 5.24. The molecule has 6 aliphatic heterocycles. The molecule has 9 N–H and O–H groups in total. The number of rotatable bonds is 15. The average Bonchev–Trinajstić information content (AvgIpc) is 1.37. The number of nitrogens with one attached hydrogen (secondary N) is 3. The Balaban J connectivity index is 0.000000214. The lowest BCUT2D eigenvalue weighted by Gasteiger charge is -2.28. The molecule has 12 atom stereocenters. The Bertz CT molecular complexity index is 5070. The molecule has 6 aliphatic rings. The summed E-state index contributed by atoms with van der Waals surface area (Å²) in [7, 11) is 25.5. The fourth-order valence-corrected chi connectivity index (χ4v) is 14.6. The number of carbonyl (C=O) groups excluding carboxylic acids is 7. The summed E-state index contributed by atoms with van der Waals surface area (Å²) < 4.78 is 53.0. The second-order valence-corrected chi connectivity index (χ2v) is 34.9. The van der Waals surface area contributed by atoms with Gasteiger partial charge in [-0.1, -0.05) is 23.2 Å². The number of nitrogens with zero attached hydrogens (tertiary/aromatic N) is 16. The largest absolute Gasteiger partial charge is 0.504 e. The summed E-state index contributed by atoms with van der Waals surface area (Å²) in [5.41, 5.74) is 1.03. The van der Waals surface area contributed by atoms with Crippen LogP contribution in [0.4, 0.5) is 25.5 Å². The van der Waals surface area contributed by atoms with Crippen LogP contribution >= 0.6 is 23.2 Å². The maximum atomic E-state index is 14.4. The minimum atomic E-state index is -1.12. The van der Waals surface area contributed by atoms with E-state index in [-0.39, 0.29) is 121 Å². The second-order valence-electron chi connectivity index (χ2n) is 34.2. The van der Waals surface area contributed by atoms with E-state index in [0.29, 0.717) is 129 Å². The molecule has 9 heterocycles. The number of nitriles is 1. The van der Waals surface area contributed by atoms with Gasteiger partial charge in [0.05, 0.1) is 117 Å². The summed E-state index contributed by atoms with van der Waals surface area (Å²) in [6, 6.07) is 13.8. The standard InChI is InChI=1S/C24H25FN6O3.C17H21ClN4O3.C12H22N2O4.C10H17NO5.C9H7ClN2O2.2C7H14N2O2/c1-30(2)24(32)20-8-15(12-31(20)3)34-22-9-16-19(10-21(22)33-4)27-13-28-23(16)29-18-6-5-14(11-26)7-17(18)25;1-21(2)17(23)13-5-10(8-22(13)3)25-15-6-11-12(7-14(15)24-4)19-9-20-16(11)18;1-12(2,3)18-11(17)14-7-8(15)6-9(14)10(16)13(4)5;1-10(2,3)16-9(15)11-5-6(12)4-7(11)8(13)14;1-14-8-3-6-5(2-7(8)13)9(10)12-4-11-6;2*1-9(2)7(11)6-3-5(10)4-8-6/h5-7,9-10,13,15,20H,8,12H2,1-4H3,(H,27,28,29);6-7,9-10,13H,5,8H2,1-4H3;8-9,15H,6-7H2,1-5H3;6-7,12H,4-5H2,1-3H3,(H,13,14);2-4,13H,1H3;2*5-6,8,10H,3-4H2,1-2H3/t15-,20?;10-,13?;8-,9-;6-,7-;;2*5-,6-/m0011.11/s1. The molecule has 7 aromatic rings. The molecule has 129 heavy (non-hydrogen) atoms. The van der Waals surface area contributed by atoms with Crippen LogP contribution in [0.25, 0.3) is 32.7 Å². The fraction of sp³-hybridized carbons (Fsp3) is 0.547. The number of ether oxygens (including phenoxy) is 7. The molecule has 0 radical (unpaired) electrons. The summed E-state index contributed by atoms with van der Waals surface area (Å²) >= 11 is 12.0. The van der Waals surface area contributed by atoms with Gasteiger partial charge < -0.3 is 104 Å². The summed E-state index contributed by atoms with van der Waals surface area (Å²) in [6.45, 7) is 12.8. The number of likely N-dealkylation sites (N-methyl/N-ethyl adjacent to an activating group) is 7. The molecule has 0 saturated carbocycles. The molecule has 43 heteroatoms. The van der Waals surface area contributed by atoms with E-state index in [9.17, 15) is 58.1 Å². The first-order valence-electron chi connectivity index (χ1n) is 41.1. The number of hydrogen-bond donors (Lipinski definition) is 9. The molecule has 2 unspecified atom stereocenters. The Morgan fingerprint density at radius 1 is 0.488 bits per heavy atom. The zero-order chi connectivity index (χ0) is 96.1.